The topological polar surface area (TPSA) is 77.8 Å². The van der Waals surface area contributed by atoms with E-state index in [1.807, 2.05) is 0 Å². The summed E-state index contributed by atoms with van der Waals surface area (Å²) in [4.78, 5) is 10.3. The van der Waals surface area contributed by atoms with Crippen LogP contribution in [-0.4, -0.2) is 21.6 Å². The normalized spacial score (nSPS) is 10.3. The van der Waals surface area contributed by atoms with Crippen molar-refractivity contribution < 1.29 is 20.4 Å². The summed E-state index contributed by atoms with van der Waals surface area (Å²) < 4.78 is 0. The van der Waals surface area contributed by atoms with Crippen molar-refractivity contribution in [2.75, 3.05) is 0 Å². The van der Waals surface area contributed by atoms with Crippen molar-refractivity contribution in [3.63, 3.8) is 0 Å². The van der Waals surface area contributed by atoms with Crippen LogP contribution in [-0.2, 0) is 4.79 Å². The number of unbranched alkanes of at least 4 members (excludes halogenated alkanes) is 9. The first kappa shape index (κ1) is 21.4. The van der Waals surface area contributed by atoms with Gasteiger partial charge < -0.3 is 5.11 Å². The maximum absolute atomic E-state index is 10.3. The van der Waals surface area contributed by atoms with Crippen molar-refractivity contribution >= 4 is 5.97 Å². The third kappa shape index (κ3) is 22.3. The van der Waals surface area contributed by atoms with Gasteiger partial charge in [0.05, 0.1) is 0 Å². The molecule has 0 aliphatic rings. The van der Waals surface area contributed by atoms with E-state index in [-0.39, 0.29) is 0 Å². The van der Waals surface area contributed by atoms with Gasteiger partial charge in [-0.3, -0.25) is 15.3 Å². The van der Waals surface area contributed by atoms with E-state index in [9.17, 15) is 4.79 Å². The number of hydrogen-bond acceptors (Lipinski definition) is 3. The maximum Gasteiger partial charge on any atom is 0.303 e. The van der Waals surface area contributed by atoms with Crippen LogP contribution in [0.3, 0.4) is 0 Å². The lowest BCUT2D eigenvalue weighted by Gasteiger charge is -1.98. The summed E-state index contributed by atoms with van der Waals surface area (Å²) in [6, 6.07) is 0. The number of carboxylic acids is 1. The fourth-order valence-corrected chi connectivity index (χ4v) is 1.99. The lowest BCUT2D eigenvalue weighted by Crippen LogP contribution is -1.93. The molecule has 0 fully saturated rings. The van der Waals surface area contributed by atoms with Crippen molar-refractivity contribution in [1.82, 2.24) is 0 Å². The largest absolute Gasteiger partial charge is 0.481 e. The third-order valence-corrected chi connectivity index (χ3v) is 3.15. The molecule has 0 spiro atoms. The smallest absolute Gasteiger partial charge is 0.303 e. The molecule has 0 unspecified atom stereocenters. The van der Waals surface area contributed by atoms with E-state index in [0.717, 1.165) is 12.8 Å². The molecule has 4 heteroatoms. The molecule has 120 valence electrons. The molecule has 20 heavy (non-hydrogen) atoms. The van der Waals surface area contributed by atoms with Crippen LogP contribution >= 0.6 is 0 Å². The summed E-state index contributed by atoms with van der Waals surface area (Å²) in [5.41, 5.74) is 0. The number of allylic oxidation sites excluding steroid dienone is 2. The van der Waals surface area contributed by atoms with E-state index in [1.54, 1.807) is 0 Å². The first-order valence-electron chi connectivity index (χ1n) is 7.84. The van der Waals surface area contributed by atoms with Crippen LogP contribution in [0, 0.1) is 0 Å². The minimum atomic E-state index is -0.666. The summed E-state index contributed by atoms with van der Waals surface area (Å²) in [5, 5.41) is 20.5. The fourth-order valence-electron chi connectivity index (χ4n) is 1.99. The minimum absolute atomic E-state index is 0.331. The monoisotopic (exact) mass is 288 g/mol. The molecule has 0 aromatic heterocycles. The van der Waals surface area contributed by atoms with Gasteiger partial charge in [0, 0.05) is 6.42 Å². The first-order valence-corrected chi connectivity index (χ1v) is 7.84. The molecule has 0 bridgehead atoms. The Morgan fingerprint density at radius 3 is 1.75 bits per heavy atom. The van der Waals surface area contributed by atoms with Crippen LogP contribution in [0.2, 0.25) is 0 Å². The molecular weight excluding hydrogens is 256 g/mol. The molecule has 4 nitrogen and oxygen atoms in total. The highest BCUT2D eigenvalue weighted by atomic mass is 17.0. The lowest BCUT2D eigenvalue weighted by atomic mass is 10.1. The standard InChI is InChI=1S/C16H30O2.H2O2/c1-2-3-4-5-6-7-8-9-10-11-12-13-14-15-16(17)18;1-2/h7-8H,2-6,9-15H2,1H3,(H,17,18);1-2H/b8-7-;. The van der Waals surface area contributed by atoms with E-state index >= 15 is 0 Å². The quantitative estimate of drug-likeness (QED) is 0.185. The van der Waals surface area contributed by atoms with E-state index in [4.69, 9.17) is 15.6 Å². The number of aliphatic carboxylic acids is 1. The molecule has 0 rings (SSSR count). The number of rotatable bonds is 13. The Bertz CT molecular complexity index is 215. The number of hydrogen-bond donors (Lipinski definition) is 3. The van der Waals surface area contributed by atoms with Crippen LogP contribution in [0.5, 0.6) is 0 Å². The summed E-state index contributed by atoms with van der Waals surface area (Å²) in [7, 11) is 0. The van der Waals surface area contributed by atoms with Crippen molar-refractivity contribution in [3.05, 3.63) is 12.2 Å². The molecule has 0 atom stereocenters. The molecule has 3 N–H and O–H groups in total. The van der Waals surface area contributed by atoms with E-state index < -0.39 is 5.97 Å². The van der Waals surface area contributed by atoms with Crippen LogP contribution < -0.4 is 0 Å². The maximum atomic E-state index is 10.3. The van der Waals surface area contributed by atoms with Crippen LogP contribution in [0.4, 0.5) is 0 Å². The van der Waals surface area contributed by atoms with E-state index in [1.165, 1.54) is 57.8 Å². The average Bonchev–Trinajstić information content (AvgIpc) is 2.46. The first-order chi connectivity index (χ1) is 9.77. The average molecular weight is 288 g/mol. The molecule has 0 aliphatic heterocycles. The molecule has 0 aromatic rings. The zero-order valence-electron chi connectivity index (χ0n) is 12.9. The highest BCUT2D eigenvalue weighted by molar-refractivity contribution is 5.66. The number of carboxylic acid groups (broad SMARTS) is 1. The molecule has 0 saturated carbocycles. The highest BCUT2D eigenvalue weighted by Crippen LogP contribution is 2.08. The van der Waals surface area contributed by atoms with E-state index in [2.05, 4.69) is 19.1 Å². The lowest BCUT2D eigenvalue weighted by molar-refractivity contribution is -0.176. The van der Waals surface area contributed by atoms with Crippen molar-refractivity contribution in [1.29, 1.82) is 0 Å². The third-order valence-electron chi connectivity index (χ3n) is 3.15. The van der Waals surface area contributed by atoms with Gasteiger partial charge >= 0.3 is 5.97 Å². The summed E-state index contributed by atoms with van der Waals surface area (Å²) >= 11 is 0. The molecule has 0 amide bonds. The summed E-state index contributed by atoms with van der Waals surface area (Å²) in [5.74, 6) is -0.666. The van der Waals surface area contributed by atoms with Gasteiger partial charge in [0.25, 0.3) is 0 Å². The summed E-state index contributed by atoms with van der Waals surface area (Å²) in [6.45, 7) is 2.24. The molecule has 0 aliphatic carbocycles. The second kappa shape index (κ2) is 20.4. The van der Waals surface area contributed by atoms with Crippen LogP contribution in [0.15, 0.2) is 12.2 Å². The van der Waals surface area contributed by atoms with Gasteiger partial charge in [-0.2, -0.15) is 0 Å². The van der Waals surface area contributed by atoms with Gasteiger partial charge in [-0.1, -0.05) is 57.6 Å². The fraction of sp³-hybridized carbons (Fsp3) is 0.812. The molecule has 0 radical (unpaired) electrons. The summed E-state index contributed by atoms with van der Waals surface area (Å²) in [6.07, 6.45) is 18.3. The van der Waals surface area contributed by atoms with Crippen molar-refractivity contribution in [3.8, 4) is 0 Å². The minimum Gasteiger partial charge on any atom is -0.481 e. The van der Waals surface area contributed by atoms with Crippen molar-refractivity contribution in [2.45, 2.75) is 84.0 Å². The van der Waals surface area contributed by atoms with Gasteiger partial charge in [-0.25, -0.2) is 0 Å². The Labute approximate surface area is 123 Å². The second-order valence-electron chi connectivity index (χ2n) is 5.02. The number of carbonyl (C=O) groups is 1. The SMILES string of the molecule is CCCCCC/C=C\CCCCCCCC(=O)O.OO. The van der Waals surface area contributed by atoms with Crippen LogP contribution in [0.25, 0.3) is 0 Å². The second-order valence-corrected chi connectivity index (χ2v) is 5.02. The molecular formula is C16H32O4. The van der Waals surface area contributed by atoms with Gasteiger partial charge in [0.2, 0.25) is 0 Å². The Balaban J connectivity index is 0. The zero-order chi connectivity index (χ0) is 15.5. The molecule has 0 aromatic carbocycles. The highest BCUT2D eigenvalue weighted by Gasteiger charge is 1.95. The molecule has 0 saturated heterocycles. The Kier molecular flexibility index (Phi) is 21.9. The van der Waals surface area contributed by atoms with Gasteiger partial charge in [0.1, 0.15) is 0 Å². The van der Waals surface area contributed by atoms with Gasteiger partial charge in [0.15, 0.2) is 0 Å². The van der Waals surface area contributed by atoms with Gasteiger partial charge in [-0.05, 0) is 32.1 Å². The van der Waals surface area contributed by atoms with Crippen LogP contribution in [0.1, 0.15) is 84.0 Å². The van der Waals surface area contributed by atoms with E-state index in [0.29, 0.717) is 6.42 Å². The Morgan fingerprint density at radius 1 is 0.800 bits per heavy atom. The Hall–Kier alpha value is -0.870. The van der Waals surface area contributed by atoms with Crippen molar-refractivity contribution in [2.24, 2.45) is 0 Å². The zero-order valence-corrected chi connectivity index (χ0v) is 12.9. The molecule has 0 heterocycles. The predicted molar refractivity (Wildman–Crippen MR) is 83.1 cm³/mol. The Morgan fingerprint density at radius 2 is 1.25 bits per heavy atom. The van der Waals surface area contributed by atoms with Gasteiger partial charge in [-0.15, -0.1) is 0 Å². The predicted octanol–water partition coefficient (Wildman–Crippen LogP) is 5.35.